The molecule has 1 N–H and O–H groups in total. The minimum atomic E-state index is 0.525. The molecular formula is C13H15N2O2+. The van der Waals surface area contributed by atoms with E-state index in [0.717, 1.165) is 11.4 Å². The highest BCUT2D eigenvalue weighted by molar-refractivity contribution is 5.53. The lowest BCUT2D eigenvalue weighted by Gasteiger charge is -2.00. The summed E-state index contributed by atoms with van der Waals surface area (Å²) in [5.41, 5.74) is 2.18. The van der Waals surface area contributed by atoms with Crippen molar-refractivity contribution in [1.29, 1.82) is 0 Å². The van der Waals surface area contributed by atoms with Crippen LogP contribution in [0.3, 0.4) is 0 Å². The van der Waals surface area contributed by atoms with E-state index in [-0.39, 0.29) is 0 Å². The molecule has 0 spiro atoms. The zero-order valence-corrected chi connectivity index (χ0v) is 10.2. The van der Waals surface area contributed by atoms with Crippen molar-refractivity contribution in [3.63, 3.8) is 0 Å². The topological polar surface area (TPSA) is 45.5 Å². The lowest BCUT2D eigenvalue weighted by Crippen LogP contribution is -2.13. The van der Waals surface area contributed by atoms with E-state index in [1.54, 1.807) is 20.3 Å². The van der Waals surface area contributed by atoms with Crippen molar-refractivity contribution >= 4 is 0 Å². The summed E-state index contributed by atoms with van der Waals surface area (Å²) >= 11 is 0. The van der Waals surface area contributed by atoms with Gasteiger partial charge in [-0.3, -0.25) is 0 Å². The van der Waals surface area contributed by atoms with E-state index < -0.39 is 0 Å². The Labute approximate surface area is 100 Å². The largest absolute Gasteiger partial charge is 0.465 e. The maximum atomic E-state index is 5.17. The Morgan fingerprint density at radius 1 is 1.12 bits per heavy atom. The molecule has 2 aromatic rings. The Morgan fingerprint density at radius 2 is 1.94 bits per heavy atom. The smallest absolute Gasteiger partial charge is 0.336 e. The summed E-state index contributed by atoms with van der Waals surface area (Å²) < 4.78 is 10.3. The minimum Gasteiger partial charge on any atom is -0.465 e. The predicted octanol–water partition coefficient (Wildman–Crippen LogP) is 1.89. The van der Waals surface area contributed by atoms with Crippen LogP contribution >= 0.6 is 0 Å². The van der Waals surface area contributed by atoms with E-state index >= 15 is 0 Å². The lowest BCUT2D eigenvalue weighted by molar-refractivity contribution is -0.384. The monoisotopic (exact) mass is 231 g/mol. The van der Waals surface area contributed by atoms with E-state index in [0.29, 0.717) is 11.8 Å². The van der Waals surface area contributed by atoms with Gasteiger partial charge in [-0.05, 0) is 24.0 Å². The van der Waals surface area contributed by atoms with E-state index in [2.05, 4.69) is 16.0 Å². The molecule has 0 fully saturated rings. The SMILES string of the molecule is COc1cc(OC)[nH+]c(-c2cccc(C)c2)n1. The van der Waals surface area contributed by atoms with Gasteiger partial charge in [-0.1, -0.05) is 17.7 Å². The third-order valence-corrected chi connectivity index (χ3v) is 2.44. The van der Waals surface area contributed by atoms with Gasteiger partial charge in [0.2, 0.25) is 0 Å². The van der Waals surface area contributed by atoms with Gasteiger partial charge in [-0.25, -0.2) is 4.98 Å². The number of nitrogens with one attached hydrogen (secondary N) is 1. The number of aryl methyl sites for hydroxylation is 1. The standard InChI is InChI=1S/C13H14N2O2/c1-9-5-4-6-10(7-9)13-14-11(16-2)8-12(15-13)17-3/h4-8H,1-3H3/p+1. The van der Waals surface area contributed by atoms with Gasteiger partial charge in [-0.2, -0.15) is 0 Å². The van der Waals surface area contributed by atoms with Crippen molar-refractivity contribution in [2.45, 2.75) is 6.92 Å². The molecule has 88 valence electrons. The number of aromatic nitrogens is 2. The number of ether oxygens (including phenoxy) is 2. The summed E-state index contributed by atoms with van der Waals surface area (Å²) in [6.45, 7) is 2.04. The fourth-order valence-electron chi connectivity index (χ4n) is 1.58. The summed E-state index contributed by atoms with van der Waals surface area (Å²) in [6, 6.07) is 9.79. The number of hydrogen-bond donors (Lipinski definition) is 0. The van der Waals surface area contributed by atoms with Crippen LogP contribution < -0.4 is 14.5 Å². The van der Waals surface area contributed by atoms with Crippen molar-refractivity contribution in [1.82, 2.24) is 4.98 Å². The van der Waals surface area contributed by atoms with Crippen LogP contribution in [0.5, 0.6) is 11.8 Å². The van der Waals surface area contributed by atoms with Crippen LogP contribution in [0.15, 0.2) is 30.3 Å². The first kappa shape index (κ1) is 11.4. The van der Waals surface area contributed by atoms with Crippen molar-refractivity contribution in [3.05, 3.63) is 35.9 Å². The average Bonchev–Trinajstić information content (AvgIpc) is 2.38. The molecule has 0 radical (unpaired) electrons. The van der Waals surface area contributed by atoms with Gasteiger partial charge >= 0.3 is 11.7 Å². The fourth-order valence-corrected chi connectivity index (χ4v) is 1.58. The van der Waals surface area contributed by atoms with Crippen LogP contribution in [-0.2, 0) is 0 Å². The average molecular weight is 231 g/mol. The third-order valence-electron chi connectivity index (χ3n) is 2.44. The molecule has 1 aromatic heterocycles. The molecular weight excluding hydrogens is 216 g/mol. The Hall–Kier alpha value is -2.10. The molecule has 4 heteroatoms. The summed E-state index contributed by atoms with van der Waals surface area (Å²) in [5.74, 6) is 1.87. The number of rotatable bonds is 3. The third kappa shape index (κ3) is 2.53. The zero-order chi connectivity index (χ0) is 12.3. The molecule has 0 bridgehead atoms. The molecule has 1 heterocycles. The van der Waals surface area contributed by atoms with Gasteiger partial charge in [0.25, 0.3) is 5.88 Å². The second-order valence-electron chi connectivity index (χ2n) is 3.71. The molecule has 0 saturated heterocycles. The Kier molecular flexibility index (Phi) is 3.23. The van der Waals surface area contributed by atoms with Crippen LogP contribution in [0.4, 0.5) is 0 Å². The number of benzene rings is 1. The van der Waals surface area contributed by atoms with Crippen LogP contribution in [0.25, 0.3) is 11.4 Å². The molecule has 2 rings (SSSR count). The van der Waals surface area contributed by atoms with Crippen molar-refractivity contribution in [3.8, 4) is 23.1 Å². The first-order valence-electron chi connectivity index (χ1n) is 5.32. The fraction of sp³-hybridized carbons (Fsp3) is 0.231. The van der Waals surface area contributed by atoms with Gasteiger partial charge in [0, 0.05) is 0 Å². The van der Waals surface area contributed by atoms with Crippen molar-refractivity contribution in [2.24, 2.45) is 0 Å². The lowest BCUT2D eigenvalue weighted by atomic mass is 10.1. The second-order valence-corrected chi connectivity index (χ2v) is 3.71. The Balaban J connectivity index is 2.50. The minimum absolute atomic E-state index is 0.525. The second kappa shape index (κ2) is 4.82. The highest BCUT2D eigenvalue weighted by atomic mass is 16.5. The summed E-state index contributed by atoms with van der Waals surface area (Å²) in [7, 11) is 3.19. The predicted molar refractivity (Wildman–Crippen MR) is 64.1 cm³/mol. The van der Waals surface area contributed by atoms with Gasteiger partial charge < -0.3 is 9.47 Å². The maximum absolute atomic E-state index is 5.17. The number of aromatic amines is 1. The highest BCUT2D eigenvalue weighted by Crippen LogP contribution is 2.19. The van der Waals surface area contributed by atoms with Crippen LogP contribution in [0.2, 0.25) is 0 Å². The molecule has 0 aliphatic heterocycles. The Morgan fingerprint density at radius 3 is 2.59 bits per heavy atom. The van der Waals surface area contributed by atoms with E-state index in [9.17, 15) is 0 Å². The molecule has 0 atom stereocenters. The normalized spacial score (nSPS) is 10.1. The number of H-pyrrole nitrogens is 1. The number of nitrogens with zero attached hydrogens (tertiary/aromatic N) is 1. The molecule has 0 aliphatic rings. The summed E-state index contributed by atoms with van der Waals surface area (Å²) in [6.07, 6.45) is 0. The molecule has 0 aliphatic carbocycles. The molecule has 0 amide bonds. The number of methoxy groups -OCH3 is 2. The van der Waals surface area contributed by atoms with Crippen molar-refractivity contribution < 1.29 is 14.5 Å². The van der Waals surface area contributed by atoms with Gasteiger partial charge in [0.1, 0.15) is 6.07 Å². The highest BCUT2D eigenvalue weighted by Gasteiger charge is 2.15. The molecule has 0 unspecified atom stereocenters. The summed E-state index contributed by atoms with van der Waals surface area (Å²) in [5, 5.41) is 0. The number of hydrogen-bond acceptors (Lipinski definition) is 3. The Bertz CT molecular complexity index is 504. The van der Waals surface area contributed by atoms with Crippen LogP contribution in [0.1, 0.15) is 5.56 Å². The molecule has 4 nitrogen and oxygen atoms in total. The first-order chi connectivity index (χ1) is 8.22. The first-order valence-corrected chi connectivity index (χ1v) is 5.32. The van der Waals surface area contributed by atoms with E-state index in [1.165, 1.54) is 5.56 Å². The van der Waals surface area contributed by atoms with Crippen molar-refractivity contribution in [2.75, 3.05) is 14.2 Å². The zero-order valence-electron chi connectivity index (χ0n) is 10.2. The van der Waals surface area contributed by atoms with E-state index in [1.807, 2.05) is 25.1 Å². The van der Waals surface area contributed by atoms with Crippen LogP contribution in [-0.4, -0.2) is 19.2 Å². The van der Waals surface area contributed by atoms with Gasteiger partial charge in [0.05, 0.1) is 19.8 Å². The van der Waals surface area contributed by atoms with Gasteiger partial charge in [0.15, 0.2) is 0 Å². The van der Waals surface area contributed by atoms with Gasteiger partial charge in [-0.15, -0.1) is 0 Å². The molecule has 17 heavy (non-hydrogen) atoms. The molecule has 1 aromatic carbocycles. The quantitative estimate of drug-likeness (QED) is 0.810. The van der Waals surface area contributed by atoms with E-state index in [4.69, 9.17) is 9.47 Å². The maximum Gasteiger partial charge on any atom is 0.336 e. The van der Waals surface area contributed by atoms with Crippen LogP contribution in [0, 0.1) is 6.92 Å². The molecule has 0 saturated carbocycles. The summed E-state index contributed by atoms with van der Waals surface area (Å²) in [4.78, 5) is 7.45.